The van der Waals surface area contributed by atoms with Crippen LogP contribution in [0.15, 0.2) is 67.4 Å². The van der Waals surface area contributed by atoms with Crippen LogP contribution in [0.1, 0.15) is 70.7 Å². The van der Waals surface area contributed by atoms with E-state index in [1.807, 2.05) is 32.0 Å². The molecule has 0 saturated carbocycles. The standard InChI is InChI=1S/C49H63N7O8/c1-10-42(58)53(7)21-18-43(59)54(8)44(30(3)4)46(60)51-39-24-31-22-33(25-34(57)23-31)32-16-17-41-36(26-32)37(45(55(41)11-2)35-14-12-19-50-40(35)28-63-9)27-49(5,6)29-64-48(62)38-15-13-20-56(52-38)47(39)61/h10,12,14,16-17,19,22-23,25-26,30,38-39,44,52,57H,1,11,13,15,18,20-21,24,27-29H2,2-9H3,(H,51,60)/t38-,39-,44?/m0/s1. The van der Waals surface area contributed by atoms with E-state index in [0.29, 0.717) is 43.5 Å². The van der Waals surface area contributed by atoms with E-state index in [0.717, 1.165) is 39.0 Å². The Labute approximate surface area is 375 Å². The van der Waals surface area contributed by atoms with Gasteiger partial charge in [-0.3, -0.25) is 34.0 Å². The zero-order valence-corrected chi connectivity index (χ0v) is 38.4. The van der Waals surface area contributed by atoms with Gasteiger partial charge in [0.25, 0.3) is 5.91 Å². The van der Waals surface area contributed by atoms with E-state index in [1.165, 1.54) is 27.9 Å². The smallest absolute Gasteiger partial charge is 0.324 e. The molecule has 15 heteroatoms. The molecule has 0 radical (unpaired) electrons. The Balaban J connectivity index is 1.44. The first-order valence-corrected chi connectivity index (χ1v) is 22.1. The minimum Gasteiger partial charge on any atom is -0.508 e. The maximum absolute atomic E-state index is 14.6. The van der Waals surface area contributed by atoms with Gasteiger partial charge in [0.2, 0.25) is 17.7 Å². The Hall–Kier alpha value is -6.06. The van der Waals surface area contributed by atoms with Gasteiger partial charge in [0, 0.05) is 81.8 Å². The first-order chi connectivity index (χ1) is 30.5. The van der Waals surface area contributed by atoms with Gasteiger partial charge in [0.15, 0.2) is 0 Å². The van der Waals surface area contributed by atoms with Crippen LogP contribution in [0, 0.1) is 11.3 Å². The second kappa shape index (κ2) is 20.2. The van der Waals surface area contributed by atoms with Gasteiger partial charge in [0.1, 0.15) is 23.9 Å². The molecule has 64 heavy (non-hydrogen) atoms. The van der Waals surface area contributed by atoms with Crippen molar-refractivity contribution in [1.82, 2.24) is 35.1 Å². The fourth-order valence-corrected chi connectivity index (χ4v) is 8.96. The lowest BCUT2D eigenvalue weighted by molar-refractivity contribution is -0.155. The first kappa shape index (κ1) is 47.4. The molecule has 3 N–H and O–H groups in total. The number of hydrogen-bond donors (Lipinski definition) is 3. The van der Waals surface area contributed by atoms with Crippen LogP contribution < -0.4 is 10.7 Å². The second-order valence-electron chi connectivity index (χ2n) is 18.1. The largest absolute Gasteiger partial charge is 0.508 e. The lowest BCUT2D eigenvalue weighted by Gasteiger charge is -2.37. The fraction of sp³-hybridized carbons (Fsp3) is 0.469. The van der Waals surface area contributed by atoms with E-state index in [9.17, 15) is 29.1 Å². The number of aromatic nitrogens is 2. The summed E-state index contributed by atoms with van der Waals surface area (Å²) in [6.45, 7) is 14.8. The summed E-state index contributed by atoms with van der Waals surface area (Å²) in [4.78, 5) is 75.8. The van der Waals surface area contributed by atoms with E-state index < -0.39 is 41.3 Å². The molecule has 1 fully saturated rings. The molecule has 2 aliphatic rings. The quantitative estimate of drug-likeness (QED) is 0.123. The van der Waals surface area contributed by atoms with Crippen molar-refractivity contribution in [3.8, 4) is 28.1 Å². The molecule has 6 rings (SSSR count). The van der Waals surface area contributed by atoms with Gasteiger partial charge in [-0.25, -0.2) is 5.43 Å². The minimum atomic E-state index is -1.17. The predicted octanol–water partition coefficient (Wildman–Crippen LogP) is 5.41. The Morgan fingerprint density at radius 2 is 1.89 bits per heavy atom. The van der Waals surface area contributed by atoms with E-state index >= 15 is 0 Å². The van der Waals surface area contributed by atoms with Gasteiger partial charge in [-0.05, 0) is 96.8 Å². The van der Waals surface area contributed by atoms with Crippen molar-refractivity contribution >= 4 is 40.5 Å². The zero-order chi connectivity index (χ0) is 46.5. The zero-order valence-electron chi connectivity index (χ0n) is 38.4. The molecule has 4 amide bonds. The van der Waals surface area contributed by atoms with Crippen LogP contribution >= 0.6 is 0 Å². The summed E-state index contributed by atoms with van der Waals surface area (Å²) in [7, 11) is 4.75. The monoisotopic (exact) mass is 877 g/mol. The van der Waals surface area contributed by atoms with Crippen LogP contribution in [0.2, 0.25) is 0 Å². The number of fused-ring (bicyclic) bond motifs is 6. The summed E-state index contributed by atoms with van der Waals surface area (Å²) < 4.78 is 13.9. The fourth-order valence-electron chi connectivity index (χ4n) is 8.96. The Kier molecular flexibility index (Phi) is 15.0. The predicted molar refractivity (Wildman–Crippen MR) is 244 cm³/mol. The van der Waals surface area contributed by atoms with Gasteiger partial charge in [0.05, 0.1) is 24.6 Å². The molecule has 342 valence electrons. The second-order valence-corrected chi connectivity index (χ2v) is 18.1. The SMILES string of the molecule is C=CC(=O)N(C)CCC(=O)N(C)C(C(=O)N[C@H]1Cc2cc(O)cc(c2)-c2ccc3c(c2)c(c(-c2cccnc2COC)n3CC)CC(C)(C)COC(=O)[C@@H]2CCCN(N2)C1=O)C(C)C. The van der Waals surface area contributed by atoms with Gasteiger partial charge in [-0.15, -0.1) is 0 Å². The van der Waals surface area contributed by atoms with Gasteiger partial charge >= 0.3 is 5.97 Å². The maximum atomic E-state index is 14.6. The highest BCUT2D eigenvalue weighted by Gasteiger charge is 2.38. The minimum absolute atomic E-state index is 0.0163. The molecule has 4 heterocycles. The number of likely N-dealkylation sites (N-methyl/N-ethyl adjacent to an activating group) is 2. The number of carbonyl (C=O) groups excluding carboxylic acids is 5. The number of phenols is 1. The number of nitrogens with zero attached hydrogens (tertiary/aromatic N) is 5. The molecular weight excluding hydrogens is 815 g/mol. The number of hydrogen-bond acceptors (Lipinski definition) is 10. The van der Waals surface area contributed by atoms with Crippen molar-refractivity contribution in [2.45, 2.75) is 98.0 Å². The summed E-state index contributed by atoms with van der Waals surface area (Å²) >= 11 is 0. The number of rotatable bonds is 12. The highest BCUT2D eigenvalue weighted by atomic mass is 16.5. The summed E-state index contributed by atoms with van der Waals surface area (Å²) in [5.41, 5.74) is 9.49. The number of benzene rings is 2. The molecule has 3 atom stereocenters. The van der Waals surface area contributed by atoms with Crippen molar-refractivity contribution in [2.75, 3.05) is 40.9 Å². The van der Waals surface area contributed by atoms with Gasteiger partial charge < -0.3 is 34.3 Å². The Morgan fingerprint density at radius 1 is 1.12 bits per heavy atom. The highest BCUT2D eigenvalue weighted by molar-refractivity contribution is 5.96. The molecule has 2 aromatic carbocycles. The van der Waals surface area contributed by atoms with Crippen molar-refractivity contribution in [3.05, 3.63) is 84.2 Å². The number of hydrazine groups is 1. The molecule has 2 aromatic heterocycles. The molecule has 0 aliphatic carbocycles. The van der Waals surface area contributed by atoms with Crippen LogP contribution in [0.25, 0.3) is 33.3 Å². The molecule has 1 unspecified atom stereocenters. The Morgan fingerprint density at radius 3 is 2.59 bits per heavy atom. The molecule has 2 aliphatic heterocycles. The average Bonchev–Trinajstić information content (AvgIpc) is 3.57. The number of methoxy groups -OCH3 is 1. The number of ether oxygens (including phenoxy) is 2. The number of phenolic OH excluding ortho intramolecular Hbond substituents is 1. The molecule has 0 spiro atoms. The molecule has 15 nitrogen and oxygen atoms in total. The first-order valence-electron chi connectivity index (χ1n) is 22.1. The van der Waals surface area contributed by atoms with Crippen LogP contribution in [0.4, 0.5) is 0 Å². The number of carbonyl (C=O) groups is 5. The number of aromatic hydroxyl groups is 1. The van der Waals surface area contributed by atoms with Crippen LogP contribution in [-0.4, -0.2) is 118 Å². The van der Waals surface area contributed by atoms with Gasteiger partial charge in [-0.2, -0.15) is 0 Å². The summed E-state index contributed by atoms with van der Waals surface area (Å²) in [6, 6.07) is 12.4. The van der Waals surface area contributed by atoms with E-state index in [2.05, 4.69) is 60.9 Å². The number of cyclic esters (lactones) is 1. The molecule has 4 aromatic rings. The number of amides is 4. The van der Waals surface area contributed by atoms with E-state index in [-0.39, 0.29) is 56.0 Å². The lowest BCUT2D eigenvalue weighted by Crippen LogP contribution is -2.62. The third-order valence-electron chi connectivity index (χ3n) is 12.2. The molecular formula is C49H63N7O8. The molecule has 6 bridgehead atoms. The summed E-state index contributed by atoms with van der Waals surface area (Å²) in [5, 5.41) is 16.6. The van der Waals surface area contributed by atoms with Crippen molar-refractivity contribution in [1.29, 1.82) is 0 Å². The normalized spacial score (nSPS) is 18.2. The van der Waals surface area contributed by atoms with Crippen molar-refractivity contribution in [2.24, 2.45) is 11.3 Å². The average molecular weight is 878 g/mol. The van der Waals surface area contributed by atoms with Crippen LogP contribution in [0.3, 0.4) is 0 Å². The highest BCUT2D eigenvalue weighted by Crippen LogP contribution is 2.41. The maximum Gasteiger partial charge on any atom is 0.324 e. The third kappa shape index (κ3) is 10.5. The summed E-state index contributed by atoms with van der Waals surface area (Å²) in [6.07, 6.45) is 4.37. The van der Waals surface area contributed by atoms with E-state index in [4.69, 9.17) is 14.5 Å². The number of esters is 1. The third-order valence-corrected chi connectivity index (χ3v) is 12.2. The molecule has 1 saturated heterocycles. The number of pyridine rings is 1. The van der Waals surface area contributed by atoms with Crippen molar-refractivity contribution in [3.63, 3.8) is 0 Å². The number of nitrogens with one attached hydrogen (secondary N) is 2. The van der Waals surface area contributed by atoms with Crippen LogP contribution in [0.5, 0.6) is 5.75 Å². The lowest BCUT2D eigenvalue weighted by atomic mass is 9.84. The number of aryl methyl sites for hydroxylation is 1. The van der Waals surface area contributed by atoms with Gasteiger partial charge in [-0.1, -0.05) is 46.4 Å². The van der Waals surface area contributed by atoms with Crippen LogP contribution in [-0.2, 0) is 59.4 Å². The topological polar surface area (TPSA) is 176 Å². The van der Waals surface area contributed by atoms with E-state index in [1.54, 1.807) is 32.5 Å². The van der Waals surface area contributed by atoms with Crippen molar-refractivity contribution < 1.29 is 38.6 Å². The summed E-state index contributed by atoms with van der Waals surface area (Å²) in [5.74, 6) is -2.57. The Bertz CT molecular complexity index is 2410.